The number of nitriles is 1. The summed E-state index contributed by atoms with van der Waals surface area (Å²) >= 11 is 0. The van der Waals surface area contributed by atoms with Crippen molar-refractivity contribution in [2.75, 3.05) is 45.1 Å². The van der Waals surface area contributed by atoms with Gasteiger partial charge in [-0.15, -0.1) is 0 Å². The van der Waals surface area contributed by atoms with Crippen molar-refractivity contribution in [3.05, 3.63) is 70.9 Å². The molecule has 0 saturated carbocycles. The number of hydrogen-bond acceptors (Lipinski definition) is 6. The molecule has 1 aliphatic carbocycles. The van der Waals surface area contributed by atoms with E-state index in [4.69, 9.17) is 10.2 Å². The summed E-state index contributed by atoms with van der Waals surface area (Å²) in [6.07, 6.45) is 2.96. The number of Topliss-reactive ketones (excluding diaryl/α,β-unsaturated/α-hetero) is 1. The number of benzene rings is 2. The smallest absolute Gasteiger partial charge is 0.254 e. The summed E-state index contributed by atoms with van der Waals surface area (Å²) in [5.41, 5.74) is 4.90. The number of likely N-dealkylation sites (N-methyl/N-ethyl adjacent to an activating group) is 1. The van der Waals surface area contributed by atoms with Crippen molar-refractivity contribution >= 4 is 28.3 Å². The minimum atomic E-state index is -0.167. The quantitative estimate of drug-likeness (QED) is 0.560. The number of piperazine rings is 1. The van der Waals surface area contributed by atoms with Crippen LogP contribution in [0.2, 0.25) is 0 Å². The Morgan fingerprint density at radius 2 is 1.83 bits per heavy atom. The van der Waals surface area contributed by atoms with Crippen molar-refractivity contribution < 1.29 is 9.59 Å². The maximum Gasteiger partial charge on any atom is 0.254 e. The van der Waals surface area contributed by atoms with Crippen molar-refractivity contribution in [3.8, 4) is 6.07 Å². The number of rotatable bonds is 5. The summed E-state index contributed by atoms with van der Waals surface area (Å²) in [4.78, 5) is 36.3. The zero-order chi connectivity index (χ0) is 25.1. The van der Waals surface area contributed by atoms with Crippen LogP contribution in [0.4, 0.5) is 5.69 Å². The topological polar surface area (TPSA) is 89.3 Å². The molecule has 5 rings (SSSR count). The van der Waals surface area contributed by atoms with Crippen LogP contribution < -0.4 is 5.32 Å². The Kier molecular flexibility index (Phi) is 6.97. The molecule has 2 aliphatic rings. The van der Waals surface area contributed by atoms with E-state index in [9.17, 15) is 9.59 Å². The summed E-state index contributed by atoms with van der Waals surface area (Å²) < 4.78 is 0. The fourth-order valence-electron chi connectivity index (χ4n) is 5.28. The third kappa shape index (κ3) is 4.95. The fraction of sp³-hybridized carbons (Fsp3) is 0.379. The van der Waals surface area contributed by atoms with Crippen molar-refractivity contribution in [2.24, 2.45) is 5.92 Å². The van der Waals surface area contributed by atoms with Gasteiger partial charge < -0.3 is 15.1 Å². The SMILES string of the molecule is CN1CCN(C(=O)c2c3c(nc4ccccc24)CCCC(C(=O)CNc2ccc(C#N)cc2)C3)CC1. The van der Waals surface area contributed by atoms with Gasteiger partial charge in [-0.1, -0.05) is 18.2 Å². The van der Waals surface area contributed by atoms with Crippen LogP contribution in [-0.2, 0) is 17.6 Å². The Bertz CT molecular complexity index is 1320. The van der Waals surface area contributed by atoms with Crippen molar-refractivity contribution in [1.29, 1.82) is 5.26 Å². The van der Waals surface area contributed by atoms with Crippen LogP contribution in [0.3, 0.4) is 0 Å². The minimum absolute atomic E-state index is 0.0572. The first-order chi connectivity index (χ1) is 17.5. The molecule has 36 heavy (non-hydrogen) atoms. The van der Waals surface area contributed by atoms with Gasteiger partial charge >= 0.3 is 0 Å². The number of aryl methyl sites for hydroxylation is 1. The number of aromatic nitrogens is 1. The second-order valence-electron chi connectivity index (χ2n) is 9.83. The summed E-state index contributed by atoms with van der Waals surface area (Å²) in [6.45, 7) is 3.35. The van der Waals surface area contributed by atoms with Gasteiger partial charge in [-0.2, -0.15) is 5.26 Å². The first-order valence-electron chi connectivity index (χ1n) is 12.7. The lowest BCUT2D eigenvalue weighted by molar-refractivity contribution is -0.121. The van der Waals surface area contributed by atoms with E-state index in [1.165, 1.54) is 0 Å². The van der Waals surface area contributed by atoms with E-state index in [-0.39, 0.29) is 24.2 Å². The summed E-state index contributed by atoms with van der Waals surface area (Å²) in [5.74, 6) is 0.0271. The van der Waals surface area contributed by atoms with Gasteiger partial charge in [0.15, 0.2) is 5.78 Å². The van der Waals surface area contributed by atoms with Crippen molar-refractivity contribution in [2.45, 2.75) is 25.7 Å². The molecule has 1 fully saturated rings. The highest BCUT2D eigenvalue weighted by molar-refractivity contribution is 6.08. The van der Waals surface area contributed by atoms with Gasteiger partial charge in [0.1, 0.15) is 0 Å². The molecule has 1 amide bonds. The maximum atomic E-state index is 13.9. The number of carbonyl (C=O) groups is 2. The predicted molar refractivity (Wildman–Crippen MR) is 140 cm³/mol. The summed E-state index contributed by atoms with van der Waals surface area (Å²) in [7, 11) is 2.08. The molecule has 1 aliphatic heterocycles. The lowest BCUT2D eigenvalue weighted by atomic mass is 9.89. The van der Waals surface area contributed by atoms with E-state index in [1.807, 2.05) is 41.3 Å². The van der Waals surface area contributed by atoms with Gasteiger partial charge in [0.2, 0.25) is 0 Å². The lowest BCUT2D eigenvalue weighted by Crippen LogP contribution is -2.47. The number of amides is 1. The van der Waals surface area contributed by atoms with E-state index in [0.29, 0.717) is 25.1 Å². The van der Waals surface area contributed by atoms with Gasteiger partial charge in [0, 0.05) is 48.9 Å². The molecule has 2 aromatic carbocycles. The fourth-order valence-corrected chi connectivity index (χ4v) is 5.28. The molecule has 184 valence electrons. The van der Waals surface area contributed by atoms with Crippen LogP contribution in [0.25, 0.3) is 10.9 Å². The Balaban J connectivity index is 1.42. The molecule has 1 aromatic heterocycles. The number of ketones is 1. The standard InChI is InChI=1S/C29H31N5O2/c1-33-13-15-34(16-14-33)29(36)28-23-6-2-3-7-25(23)32-26-8-4-5-21(17-24(26)28)27(35)19-31-22-11-9-20(18-30)10-12-22/h2-3,6-7,9-12,21,31H,4-5,8,13-17,19H2,1H3. The van der Waals surface area contributed by atoms with Crippen LogP contribution in [-0.4, -0.2) is 66.2 Å². The highest BCUT2D eigenvalue weighted by atomic mass is 16.2. The largest absolute Gasteiger partial charge is 0.378 e. The van der Waals surface area contributed by atoms with E-state index >= 15 is 0 Å². The molecular weight excluding hydrogens is 450 g/mol. The first kappa shape index (κ1) is 24.0. The number of carbonyl (C=O) groups excluding carboxylic acids is 2. The van der Waals surface area contributed by atoms with Crippen LogP contribution in [0, 0.1) is 17.2 Å². The van der Waals surface area contributed by atoms with Crippen LogP contribution in [0.15, 0.2) is 48.5 Å². The molecule has 0 radical (unpaired) electrons. The summed E-state index contributed by atoms with van der Waals surface area (Å²) in [5, 5.41) is 13.1. The van der Waals surface area contributed by atoms with Gasteiger partial charge in [-0.3, -0.25) is 14.6 Å². The summed E-state index contributed by atoms with van der Waals surface area (Å²) in [6, 6.07) is 17.1. The molecule has 7 heteroatoms. The number of fused-ring (bicyclic) bond motifs is 2. The lowest BCUT2D eigenvalue weighted by Gasteiger charge is -2.33. The van der Waals surface area contributed by atoms with Crippen LogP contribution in [0.1, 0.15) is 40.0 Å². The third-order valence-electron chi connectivity index (χ3n) is 7.44. The number of pyridine rings is 1. The monoisotopic (exact) mass is 481 g/mol. The van der Waals surface area contributed by atoms with E-state index < -0.39 is 0 Å². The third-order valence-corrected chi connectivity index (χ3v) is 7.44. The van der Waals surface area contributed by atoms with Gasteiger partial charge in [-0.25, -0.2) is 0 Å². The predicted octanol–water partition coefficient (Wildman–Crippen LogP) is 3.67. The average molecular weight is 482 g/mol. The molecule has 0 spiro atoms. The Hall–Kier alpha value is -3.76. The normalized spacial score (nSPS) is 18.2. The Labute approximate surface area is 211 Å². The van der Waals surface area contributed by atoms with Crippen molar-refractivity contribution in [1.82, 2.24) is 14.8 Å². The average Bonchev–Trinajstić information content (AvgIpc) is 3.13. The van der Waals surface area contributed by atoms with Crippen LogP contribution >= 0.6 is 0 Å². The number of para-hydroxylation sites is 1. The zero-order valence-electron chi connectivity index (χ0n) is 20.7. The molecule has 0 bridgehead atoms. The number of nitrogens with zero attached hydrogens (tertiary/aromatic N) is 4. The Morgan fingerprint density at radius 1 is 1.08 bits per heavy atom. The molecule has 3 aromatic rings. The first-order valence-corrected chi connectivity index (χ1v) is 12.7. The van der Waals surface area contributed by atoms with Crippen LogP contribution in [0.5, 0.6) is 0 Å². The van der Waals surface area contributed by atoms with E-state index in [1.54, 1.807) is 12.1 Å². The molecule has 1 N–H and O–H groups in total. The zero-order valence-corrected chi connectivity index (χ0v) is 20.7. The van der Waals surface area contributed by atoms with Gasteiger partial charge in [-0.05, 0) is 68.6 Å². The number of hydrogen-bond donors (Lipinski definition) is 1. The highest BCUT2D eigenvalue weighted by Crippen LogP contribution is 2.32. The van der Waals surface area contributed by atoms with E-state index in [2.05, 4.69) is 23.3 Å². The Morgan fingerprint density at radius 3 is 2.58 bits per heavy atom. The second kappa shape index (κ2) is 10.5. The molecule has 1 atom stereocenters. The second-order valence-corrected chi connectivity index (χ2v) is 9.83. The van der Waals surface area contributed by atoms with Crippen molar-refractivity contribution in [3.63, 3.8) is 0 Å². The van der Waals surface area contributed by atoms with Gasteiger partial charge in [0.25, 0.3) is 5.91 Å². The minimum Gasteiger partial charge on any atom is -0.378 e. The number of anilines is 1. The molecule has 7 nitrogen and oxygen atoms in total. The number of nitrogens with one attached hydrogen (secondary N) is 1. The molecule has 1 unspecified atom stereocenters. The van der Waals surface area contributed by atoms with Gasteiger partial charge in [0.05, 0.1) is 29.3 Å². The maximum absolute atomic E-state index is 13.9. The molecule has 2 heterocycles. The van der Waals surface area contributed by atoms with E-state index in [0.717, 1.165) is 65.8 Å². The highest BCUT2D eigenvalue weighted by Gasteiger charge is 2.31. The molecular formula is C29H31N5O2. The molecule has 1 saturated heterocycles.